The zero-order chi connectivity index (χ0) is 28.8. The van der Waals surface area contributed by atoms with Gasteiger partial charge in [-0.25, -0.2) is 4.39 Å². The fourth-order valence-corrected chi connectivity index (χ4v) is 4.53. The summed E-state index contributed by atoms with van der Waals surface area (Å²) in [5.74, 6) is -2.51. The number of rotatable bonds is 9. The van der Waals surface area contributed by atoms with E-state index in [1.165, 1.54) is 42.2 Å². The van der Waals surface area contributed by atoms with Crippen molar-refractivity contribution >= 4 is 23.7 Å². The number of aliphatic carboxylic acids is 1. The molecule has 11 heteroatoms. The highest BCUT2D eigenvalue weighted by Gasteiger charge is 2.44. The molecule has 3 aromatic carbocycles. The summed E-state index contributed by atoms with van der Waals surface area (Å²) in [5, 5.41) is 12.1. The van der Waals surface area contributed by atoms with Crippen LogP contribution in [0.5, 0.6) is 11.5 Å². The first-order valence-corrected chi connectivity index (χ1v) is 12.4. The predicted octanol–water partition coefficient (Wildman–Crippen LogP) is 3.10. The van der Waals surface area contributed by atoms with Gasteiger partial charge in [-0.1, -0.05) is 18.2 Å². The molecule has 1 fully saturated rings. The summed E-state index contributed by atoms with van der Waals surface area (Å²) >= 11 is 0. The van der Waals surface area contributed by atoms with Crippen molar-refractivity contribution in [1.29, 1.82) is 0 Å². The quantitative estimate of drug-likeness (QED) is 0.420. The second-order valence-corrected chi connectivity index (χ2v) is 9.04. The molecule has 2 atom stereocenters. The van der Waals surface area contributed by atoms with Gasteiger partial charge in [-0.15, -0.1) is 0 Å². The number of nitrogens with one attached hydrogen (secondary N) is 1. The third-order valence-corrected chi connectivity index (χ3v) is 6.55. The number of hydrogen-bond donors (Lipinski definition) is 2. The van der Waals surface area contributed by atoms with Crippen molar-refractivity contribution in [2.45, 2.75) is 18.6 Å². The lowest BCUT2D eigenvalue weighted by Crippen LogP contribution is -2.54. The molecule has 4 rings (SSSR count). The lowest BCUT2D eigenvalue weighted by Gasteiger charge is -2.31. The van der Waals surface area contributed by atoms with Crippen LogP contribution in [-0.2, 0) is 9.59 Å². The first-order valence-electron chi connectivity index (χ1n) is 12.4. The van der Waals surface area contributed by atoms with Crippen LogP contribution in [0.3, 0.4) is 0 Å². The second-order valence-electron chi connectivity index (χ2n) is 9.04. The normalized spacial score (nSPS) is 15.3. The summed E-state index contributed by atoms with van der Waals surface area (Å²) in [7, 11) is 2.96. The molecular formula is C29H28FN3O7. The number of nitrogens with zero attached hydrogens (tertiary/aromatic N) is 2. The maximum atomic E-state index is 13.8. The van der Waals surface area contributed by atoms with Crippen LogP contribution >= 0.6 is 0 Å². The van der Waals surface area contributed by atoms with E-state index >= 15 is 0 Å². The van der Waals surface area contributed by atoms with Crippen molar-refractivity contribution in [2.75, 3.05) is 27.3 Å². The van der Waals surface area contributed by atoms with Crippen LogP contribution in [0, 0.1) is 5.82 Å². The maximum absolute atomic E-state index is 13.8. The van der Waals surface area contributed by atoms with E-state index in [0.29, 0.717) is 17.1 Å². The van der Waals surface area contributed by atoms with E-state index in [1.807, 2.05) is 0 Å². The average Bonchev–Trinajstić information content (AvgIpc) is 3.41. The first-order chi connectivity index (χ1) is 19.2. The topological polar surface area (TPSA) is 125 Å². The maximum Gasteiger partial charge on any atom is 0.305 e. The van der Waals surface area contributed by atoms with Crippen LogP contribution in [0.4, 0.5) is 4.39 Å². The molecular weight excluding hydrogens is 521 g/mol. The zero-order valence-electron chi connectivity index (χ0n) is 21.9. The minimum atomic E-state index is -1.38. The molecule has 10 nitrogen and oxygen atoms in total. The van der Waals surface area contributed by atoms with Crippen molar-refractivity contribution in [3.05, 3.63) is 95.3 Å². The summed E-state index contributed by atoms with van der Waals surface area (Å²) in [6, 6.07) is 16.7. The Bertz CT molecular complexity index is 1400. The summed E-state index contributed by atoms with van der Waals surface area (Å²) < 4.78 is 23.9. The van der Waals surface area contributed by atoms with E-state index in [0.717, 1.165) is 12.1 Å². The number of carbonyl (C=O) groups excluding carboxylic acids is 3. The van der Waals surface area contributed by atoms with Gasteiger partial charge in [0.1, 0.15) is 17.3 Å². The fraction of sp³-hybridized carbons (Fsp3) is 0.241. The molecule has 0 aliphatic carbocycles. The molecule has 0 spiro atoms. The van der Waals surface area contributed by atoms with E-state index < -0.39 is 48.1 Å². The van der Waals surface area contributed by atoms with Gasteiger partial charge in [0.2, 0.25) is 0 Å². The van der Waals surface area contributed by atoms with Gasteiger partial charge in [0.25, 0.3) is 17.7 Å². The first kappa shape index (κ1) is 28.1. The van der Waals surface area contributed by atoms with Crippen molar-refractivity contribution in [3.8, 4) is 11.5 Å². The number of methoxy groups -OCH3 is 2. The van der Waals surface area contributed by atoms with Crippen LogP contribution in [0.25, 0.3) is 0 Å². The summed E-state index contributed by atoms with van der Waals surface area (Å²) in [6.45, 7) is 0.106. The smallest absolute Gasteiger partial charge is 0.305 e. The molecule has 1 saturated heterocycles. The molecule has 3 aromatic rings. The van der Waals surface area contributed by atoms with Gasteiger partial charge in [0.05, 0.1) is 26.7 Å². The largest absolute Gasteiger partial charge is 0.497 e. The van der Waals surface area contributed by atoms with Crippen molar-refractivity contribution in [3.63, 3.8) is 0 Å². The Labute approximate surface area is 229 Å². The average molecular weight is 550 g/mol. The third kappa shape index (κ3) is 6.20. The van der Waals surface area contributed by atoms with Gasteiger partial charge >= 0.3 is 5.97 Å². The molecule has 1 heterocycles. The van der Waals surface area contributed by atoms with Crippen molar-refractivity contribution in [1.82, 2.24) is 15.1 Å². The standard InChI is InChI=1S/C29H28FN3O7/c1-39-22-12-8-19(9-13-22)28(37)32-14-15-33(29(38)20-4-3-5-23(16-20)40-2)27(32)26(36)31-24(17-25(34)35)18-6-10-21(30)11-7-18/h3-13,16,24,27H,14-15,17H2,1-2H3,(H,31,36)(H,34,35). The monoisotopic (exact) mass is 549 g/mol. The molecule has 40 heavy (non-hydrogen) atoms. The Morgan fingerprint density at radius 3 is 2.05 bits per heavy atom. The molecule has 3 amide bonds. The third-order valence-electron chi connectivity index (χ3n) is 6.55. The van der Waals surface area contributed by atoms with Crippen LogP contribution in [-0.4, -0.2) is 72.1 Å². The van der Waals surface area contributed by atoms with Gasteiger partial charge in [0, 0.05) is 24.2 Å². The van der Waals surface area contributed by atoms with E-state index in [2.05, 4.69) is 5.32 Å². The number of ether oxygens (including phenoxy) is 2. The van der Waals surface area contributed by atoms with Gasteiger partial charge < -0.3 is 29.7 Å². The number of amides is 3. The van der Waals surface area contributed by atoms with Gasteiger partial charge in [-0.05, 0) is 60.2 Å². The second kappa shape index (κ2) is 12.3. The summed E-state index contributed by atoms with van der Waals surface area (Å²) in [6.07, 6.45) is -1.88. The Kier molecular flexibility index (Phi) is 8.63. The van der Waals surface area contributed by atoms with Gasteiger partial charge in [-0.2, -0.15) is 0 Å². The molecule has 2 N–H and O–H groups in total. The highest BCUT2D eigenvalue weighted by molar-refractivity contribution is 6.02. The minimum Gasteiger partial charge on any atom is -0.497 e. The Balaban J connectivity index is 1.68. The number of halogens is 1. The molecule has 1 aliphatic heterocycles. The van der Waals surface area contributed by atoms with E-state index in [9.17, 15) is 28.7 Å². The number of carboxylic acids is 1. The van der Waals surface area contributed by atoms with Crippen LogP contribution in [0.15, 0.2) is 72.8 Å². The van der Waals surface area contributed by atoms with Crippen molar-refractivity contribution in [2.24, 2.45) is 0 Å². The Hall–Kier alpha value is -4.93. The Morgan fingerprint density at radius 1 is 0.875 bits per heavy atom. The van der Waals surface area contributed by atoms with E-state index in [4.69, 9.17) is 9.47 Å². The number of benzene rings is 3. The Morgan fingerprint density at radius 2 is 1.48 bits per heavy atom. The van der Waals surface area contributed by atoms with Crippen molar-refractivity contribution < 1.29 is 38.1 Å². The molecule has 0 bridgehead atoms. The van der Waals surface area contributed by atoms with Crippen LogP contribution in [0.1, 0.15) is 38.7 Å². The summed E-state index contributed by atoms with van der Waals surface area (Å²) in [4.78, 5) is 55.0. The zero-order valence-corrected chi connectivity index (χ0v) is 21.9. The van der Waals surface area contributed by atoms with Gasteiger partial charge in [0.15, 0.2) is 6.17 Å². The lowest BCUT2D eigenvalue weighted by molar-refractivity contribution is -0.138. The van der Waals surface area contributed by atoms with E-state index in [1.54, 1.807) is 42.5 Å². The number of carbonyl (C=O) groups is 4. The van der Waals surface area contributed by atoms with Gasteiger partial charge in [-0.3, -0.25) is 19.2 Å². The number of hydrogen-bond acceptors (Lipinski definition) is 6. The molecule has 2 unspecified atom stereocenters. The molecule has 1 aliphatic rings. The minimum absolute atomic E-state index is 0.0518. The van der Waals surface area contributed by atoms with Crippen LogP contribution in [0.2, 0.25) is 0 Å². The highest BCUT2D eigenvalue weighted by Crippen LogP contribution is 2.25. The van der Waals surface area contributed by atoms with Crippen LogP contribution < -0.4 is 14.8 Å². The molecule has 208 valence electrons. The molecule has 0 aromatic heterocycles. The lowest BCUT2D eigenvalue weighted by atomic mass is 10.0. The fourth-order valence-electron chi connectivity index (χ4n) is 4.53. The molecule has 0 radical (unpaired) electrons. The SMILES string of the molecule is COc1ccc(C(=O)N2CCN(C(=O)c3cccc(OC)c3)C2C(=O)NC(CC(=O)O)c2ccc(F)cc2)cc1. The van der Waals surface area contributed by atoms with E-state index in [-0.39, 0.29) is 24.2 Å². The predicted molar refractivity (Wildman–Crippen MR) is 141 cm³/mol. The number of carboxylic acid groups (broad SMARTS) is 1. The molecule has 0 saturated carbocycles. The summed E-state index contributed by atoms with van der Waals surface area (Å²) in [5.41, 5.74) is 0.875. The highest BCUT2D eigenvalue weighted by atomic mass is 19.1.